The predicted octanol–water partition coefficient (Wildman–Crippen LogP) is 4.63. The van der Waals surface area contributed by atoms with Crippen LogP contribution in [0, 0.1) is 11.7 Å². The lowest BCUT2D eigenvalue weighted by atomic mass is 10.1. The number of carbonyl (C=O) groups excluding carboxylic acids is 1. The Bertz CT molecular complexity index is 1310. The van der Waals surface area contributed by atoms with Crippen molar-refractivity contribution in [1.29, 1.82) is 0 Å². The zero-order valence-electron chi connectivity index (χ0n) is 20.4. The molecule has 2 aliphatic heterocycles. The third-order valence-electron chi connectivity index (χ3n) is 6.60. The Labute approximate surface area is 210 Å². The lowest BCUT2D eigenvalue weighted by Gasteiger charge is -2.15. The Balaban J connectivity index is 1.34. The number of halogens is 1. The Morgan fingerprint density at radius 2 is 2.03 bits per heavy atom. The molecule has 1 aromatic heterocycles. The van der Waals surface area contributed by atoms with Gasteiger partial charge in [-0.1, -0.05) is 6.08 Å². The largest absolute Gasteiger partial charge is 0.476 e. The SMILES string of the molecule is CN1CCC(COc2nc3ccc(C(=O)NCCCC4=NC=CC4)cc3nc2-c2ccc(F)cc2)C1. The highest BCUT2D eigenvalue weighted by atomic mass is 19.1. The maximum absolute atomic E-state index is 13.6. The van der Waals surface area contributed by atoms with Crippen molar-refractivity contribution in [1.82, 2.24) is 20.2 Å². The first-order chi connectivity index (χ1) is 17.5. The molecule has 3 aromatic rings. The molecule has 8 heteroatoms. The summed E-state index contributed by atoms with van der Waals surface area (Å²) in [6.07, 6.45) is 7.55. The van der Waals surface area contributed by atoms with E-state index in [0.717, 1.165) is 44.5 Å². The van der Waals surface area contributed by atoms with Crippen LogP contribution in [-0.2, 0) is 0 Å². The van der Waals surface area contributed by atoms with Gasteiger partial charge in [0.15, 0.2) is 0 Å². The molecule has 1 unspecified atom stereocenters. The molecular formula is C28H30FN5O2. The highest BCUT2D eigenvalue weighted by molar-refractivity contribution is 5.97. The van der Waals surface area contributed by atoms with E-state index in [1.165, 1.54) is 12.1 Å². The summed E-state index contributed by atoms with van der Waals surface area (Å²) >= 11 is 0. The van der Waals surface area contributed by atoms with Crippen LogP contribution in [0.5, 0.6) is 5.88 Å². The van der Waals surface area contributed by atoms with Gasteiger partial charge in [0.1, 0.15) is 11.5 Å². The van der Waals surface area contributed by atoms with Gasteiger partial charge in [-0.3, -0.25) is 9.79 Å². The van der Waals surface area contributed by atoms with E-state index in [1.54, 1.807) is 30.3 Å². The fourth-order valence-corrected chi connectivity index (χ4v) is 4.60. The minimum absolute atomic E-state index is 0.154. The van der Waals surface area contributed by atoms with Gasteiger partial charge in [0.25, 0.3) is 5.91 Å². The molecule has 186 valence electrons. The van der Waals surface area contributed by atoms with Crippen LogP contribution < -0.4 is 10.1 Å². The van der Waals surface area contributed by atoms with Crippen LogP contribution in [0.1, 0.15) is 36.0 Å². The van der Waals surface area contributed by atoms with Gasteiger partial charge in [0.2, 0.25) is 5.88 Å². The number of likely N-dealkylation sites (tertiary alicyclic amines) is 1. The van der Waals surface area contributed by atoms with Crippen molar-refractivity contribution in [2.24, 2.45) is 10.9 Å². The van der Waals surface area contributed by atoms with Crippen molar-refractivity contribution >= 4 is 22.7 Å². The van der Waals surface area contributed by atoms with E-state index in [-0.39, 0.29) is 11.7 Å². The van der Waals surface area contributed by atoms with E-state index in [1.807, 2.05) is 12.3 Å². The molecular weight excluding hydrogens is 457 g/mol. The molecule has 3 heterocycles. The first kappa shape index (κ1) is 24.1. The zero-order valence-corrected chi connectivity index (χ0v) is 20.4. The van der Waals surface area contributed by atoms with Gasteiger partial charge >= 0.3 is 0 Å². The molecule has 2 aromatic carbocycles. The van der Waals surface area contributed by atoms with E-state index in [4.69, 9.17) is 14.7 Å². The summed E-state index contributed by atoms with van der Waals surface area (Å²) in [5.74, 6) is 0.375. The number of amides is 1. The molecule has 1 N–H and O–H groups in total. The Kier molecular flexibility index (Phi) is 7.32. The molecule has 1 amide bonds. The van der Waals surface area contributed by atoms with Gasteiger partial charge in [-0.2, -0.15) is 0 Å². The first-order valence-corrected chi connectivity index (χ1v) is 12.4. The minimum Gasteiger partial charge on any atom is -0.476 e. The maximum atomic E-state index is 13.6. The number of hydrogen-bond acceptors (Lipinski definition) is 6. The molecule has 2 aliphatic rings. The van der Waals surface area contributed by atoms with E-state index >= 15 is 0 Å². The van der Waals surface area contributed by atoms with Crippen molar-refractivity contribution < 1.29 is 13.9 Å². The second-order valence-corrected chi connectivity index (χ2v) is 9.46. The van der Waals surface area contributed by atoms with Crippen LogP contribution in [0.15, 0.2) is 59.7 Å². The zero-order chi connectivity index (χ0) is 24.9. The van der Waals surface area contributed by atoms with E-state index in [9.17, 15) is 9.18 Å². The van der Waals surface area contributed by atoms with E-state index in [0.29, 0.717) is 52.8 Å². The molecule has 1 saturated heterocycles. The van der Waals surface area contributed by atoms with Gasteiger partial charge in [0.05, 0.1) is 17.6 Å². The third kappa shape index (κ3) is 5.76. The highest BCUT2D eigenvalue weighted by Crippen LogP contribution is 2.30. The van der Waals surface area contributed by atoms with Crippen molar-refractivity contribution in [2.75, 3.05) is 33.3 Å². The van der Waals surface area contributed by atoms with Gasteiger partial charge in [0, 0.05) is 48.5 Å². The number of carbonyl (C=O) groups is 1. The fourth-order valence-electron chi connectivity index (χ4n) is 4.60. The van der Waals surface area contributed by atoms with Crippen molar-refractivity contribution in [2.45, 2.75) is 25.7 Å². The first-order valence-electron chi connectivity index (χ1n) is 12.4. The number of hydrogen-bond donors (Lipinski definition) is 1. The normalized spacial score (nSPS) is 17.5. The Morgan fingerprint density at radius 1 is 1.17 bits per heavy atom. The topological polar surface area (TPSA) is 79.7 Å². The smallest absolute Gasteiger partial charge is 0.251 e. The van der Waals surface area contributed by atoms with Gasteiger partial charge < -0.3 is 15.0 Å². The molecule has 7 nitrogen and oxygen atoms in total. The van der Waals surface area contributed by atoms with Crippen LogP contribution in [0.25, 0.3) is 22.3 Å². The maximum Gasteiger partial charge on any atom is 0.251 e. The Hall–Kier alpha value is -3.65. The number of fused-ring (bicyclic) bond motifs is 1. The summed E-state index contributed by atoms with van der Waals surface area (Å²) in [7, 11) is 2.11. The van der Waals surface area contributed by atoms with Crippen LogP contribution in [-0.4, -0.2) is 59.8 Å². The van der Waals surface area contributed by atoms with Gasteiger partial charge in [-0.25, -0.2) is 14.4 Å². The standard InChI is InChI=1S/C28H30FN5O2/c1-34-15-12-19(17-34)18-36-28-26(20-6-9-22(29)10-7-20)32-25-16-21(8-11-24(25)33-28)27(35)31-14-3-5-23-4-2-13-30-23/h2,6-11,13,16,19H,3-5,12,14-15,17-18H2,1H3,(H,31,35). The van der Waals surface area contributed by atoms with Crippen LogP contribution in [0.3, 0.4) is 0 Å². The molecule has 5 rings (SSSR count). The second-order valence-electron chi connectivity index (χ2n) is 9.46. The summed E-state index contributed by atoms with van der Waals surface area (Å²) in [5, 5.41) is 2.97. The van der Waals surface area contributed by atoms with Crippen LogP contribution in [0.2, 0.25) is 0 Å². The Morgan fingerprint density at radius 3 is 2.78 bits per heavy atom. The summed E-state index contributed by atoms with van der Waals surface area (Å²) in [5.41, 5.74) is 4.14. The summed E-state index contributed by atoms with van der Waals surface area (Å²) in [4.78, 5) is 28.9. The molecule has 0 spiro atoms. The third-order valence-corrected chi connectivity index (χ3v) is 6.60. The quantitative estimate of drug-likeness (QED) is 0.445. The fraction of sp³-hybridized carbons (Fsp3) is 0.357. The average molecular weight is 488 g/mol. The second kappa shape index (κ2) is 11.0. The number of aliphatic imine (C=N–C) groups is 1. The van der Waals surface area contributed by atoms with Crippen molar-refractivity contribution in [3.8, 4) is 17.1 Å². The monoisotopic (exact) mass is 487 g/mol. The van der Waals surface area contributed by atoms with Crippen molar-refractivity contribution in [3.05, 3.63) is 66.1 Å². The van der Waals surface area contributed by atoms with Crippen LogP contribution in [0.4, 0.5) is 4.39 Å². The summed E-state index contributed by atoms with van der Waals surface area (Å²) < 4.78 is 19.7. The number of benzene rings is 2. The lowest BCUT2D eigenvalue weighted by molar-refractivity contribution is 0.0953. The van der Waals surface area contributed by atoms with E-state index < -0.39 is 0 Å². The van der Waals surface area contributed by atoms with E-state index in [2.05, 4.69) is 22.3 Å². The lowest BCUT2D eigenvalue weighted by Crippen LogP contribution is -2.24. The minimum atomic E-state index is -0.320. The summed E-state index contributed by atoms with van der Waals surface area (Å²) in [6, 6.07) is 11.4. The highest BCUT2D eigenvalue weighted by Gasteiger charge is 2.22. The average Bonchev–Trinajstić information content (AvgIpc) is 3.56. The number of aromatic nitrogens is 2. The van der Waals surface area contributed by atoms with Gasteiger partial charge in [-0.15, -0.1) is 0 Å². The molecule has 0 saturated carbocycles. The molecule has 0 bridgehead atoms. The molecule has 1 fully saturated rings. The number of ether oxygens (including phenoxy) is 1. The molecule has 0 aliphatic carbocycles. The number of nitrogens with one attached hydrogen (secondary N) is 1. The summed E-state index contributed by atoms with van der Waals surface area (Å²) in [6.45, 7) is 3.16. The number of nitrogens with zero attached hydrogens (tertiary/aromatic N) is 4. The number of allylic oxidation sites excluding steroid dienone is 1. The van der Waals surface area contributed by atoms with Crippen LogP contribution >= 0.6 is 0 Å². The molecule has 0 radical (unpaired) electrons. The predicted molar refractivity (Wildman–Crippen MR) is 139 cm³/mol. The number of rotatable bonds is 9. The van der Waals surface area contributed by atoms with Crippen molar-refractivity contribution in [3.63, 3.8) is 0 Å². The van der Waals surface area contributed by atoms with Gasteiger partial charge in [-0.05, 0) is 75.3 Å². The molecule has 1 atom stereocenters. The molecule has 36 heavy (non-hydrogen) atoms.